The summed E-state index contributed by atoms with van der Waals surface area (Å²) >= 11 is 1.43. The van der Waals surface area contributed by atoms with Gasteiger partial charge in [0.2, 0.25) is 5.91 Å². The Hall–Kier alpha value is -3.25. The number of amides is 2. The van der Waals surface area contributed by atoms with Crippen molar-refractivity contribution in [3.8, 4) is 0 Å². The summed E-state index contributed by atoms with van der Waals surface area (Å²) in [5.41, 5.74) is 2.86. The van der Waals surface area contributed by atoms with E-state index in [1.807, 2.05) is 61.5 Å². The third-order valence-corrected chi connectivity index (χ3v) is 5.63. The number of para-hydroxylation sites is 1. The predicted octanol–water partition coefficient (Wildman–Crippen LogP) is 4.38. The molecule has 2 amide bonds. The standard InChI is InChI=1S/C23H20N2O3S/c1-16-8-10-17(11-9-16)13-21-23(27)25(19-6-2-3-7-20(19)29-21)15-22(26)24-14-18-5-4-12-28-18/h2-13H,14-15H2,1H3,(H,24,26)/b21-13+. The Labute approximate surface area is 173 Å². The van der Waals surface area contributed by atoms with E-state index in [-0.39, 0.29) is 24.9 Å². The second kappa shape index (κ2) is 8.41. The molecule has 0 unspecified atom stereocenters. The summed E-state index contributed by atoms with van der Waals surface area (Å²) in [6.45, 7) is 2.26. The first-order valence-electron chi connectivity index (χ1n) is 9.26. The van der Waals surface area contributed by atoms with Gasteiger partial charge in [-0.15, -0.1) is 0 Å². The van der Waals surface area contributed by atoms with Gasteiger partial charge in [-0.1, -0.05) is 53.7 Å². The molecule has 2 aromatic carbocycles. The second-order valence-corrected chi connectivity index (χ2v) is 7.82. The van der Waals surface area contributed by atoms with E-state index in [0.29, 0.717) is 10.7 Å². The molecule has 0 atom stereocenters. The highest BCUT2D eigenvalue weighted by Gasteiger charge is 2.30. The van der Waals surface area contributed by atoms with Gasteiger partial charge in [0, 0.05) is 4.90 Å². The van der Waals surface area contributed by atoms with Crippen molar-refractivity contribution in [2.45, 2.75) is 18.4 Å². The van der Waals surface area contributed by atoms with Crippen molar-refractivity contribution >= 4 is 35.3 Å². The first kappa shape index (κ1) is 19.1. The fraction of sp³-hybridized carbons (Fsp3) is 0.130. The SMILES string of the molecule is Cc1ccc(/C=C2/Sc3ccccc3N(CC(=O)NCc3ccco3)C2=O)cc1. The molecule has 146 valence electrons. The Bertz CT molecular complexity index is 1060. The average molecular weight is 404 g/mol. The molecule has 29 heavy (non-hydrogen) atoms. The maximum Gasteiger partial charge on any atom is 0.265 e. The minimum Gasteiger partial charge on any atom is -0.467 e. The lowest BCUT2D eigenvalue weighted by atomic mass is 10.1. The van der Waals surface area contributed by atoms with Crippen LogP contribution in [0.3, 0.4) is 0 Å². The zero-order valence-corrected chi connectivity index (χ0v) is 16.7. The first-order valence-corrected chi connectivity index (χ1v) is 10.1. The molecule has 4 rings (SSSR count). The Kier molecular flexibility index (Phi) is 5.53. The molecule has 0 aliphatic carbocycles. The number of carbonyl (C=O) groups is 2. The summed E-state index contributed by atoms with van der Waals surface area (Å²) in [6.07, 6.45) is 3.43. The fourth-order valence-corrected chi connectivity index (χ4v) is 4.09. The van der Waals surface area contributed by atoms with Gasteiger partial charge in [-0.05, 0) is 42.8 Å². The minimum atomic E-state index is -0.244. The van der Waals surface area contributed by atoms with Crippen molar-refractivity contribution in [3.63, 3.8) is 0 Å². The number of furan rings is 1. The fourth-order valence-electron chi connectivity index (χ4n) is 3.03. The molecule has 0 bridgehead atoms. The molecule has 5 nitrogen and oxygen atoms in total. The molecular weight excluding hydrogens is 384 g/mol. The van der Waals surface area contributed by atoms with Gasteiger partial charge in [0.1, 0.15) is 12.3 Å². The van der Waals surface area contributed by atoms with Gasteiger partial charge in [0.15, 0.2) is 0 Å². The third-order valence-electron chi connectivity index (χ3n) is 4.55. The van der Waals surface area contributed by atoms with Crippen LogP contribution in [0.5, 0.6) is 0 Å². The smallest absolute Gasteiger partial charge is 0.265 e. The molecule has 0 spiro atoms. The Morgan fingerprint density at radius 2 is 1.90 bits per heavy atom. The minimum absolute atomic E-state index is 0.0532. The highest BCUT2D eigenvalue weighted by molar-refractivity contribution is 8.04. The molecule has 1 aliphatic rings. The number of hydrogen-bond acceptors (Lipinski definition) is 4. The number of nitrogens with zero attached hydrogens (tertiary/aromatic N) is 1. The van der Waals surface area contributed by atoms with Gasteiger partial charge < -0.3 is 9.73 Å². The van der Waals surface area contributed by atoms with E-state index in [2.05, 4.69) is 5.32 Å². The van der Waals surface area contributed by atoms with Gasteiger partial charge in [0.25, 0.3) is 5.91 Å². The molecule has 0 fully saturated rings. The van der Waals surface area contributed by atoms with E-state index >= 15 is 0 Å². The van der Waals surface area contributed by atoms with Crippen LogP contribution in [0.2, 0.25) is 0 Å². The van der Waals surface area contributed by atoms with Crippen LogP contribution in [-0.4, -0.2) is 18.4 Å². The van der Waals surface area contributed by atoms with Crippen molar-refractivity contribution in [1.82, 2.24) is 5.32 Å². The topological polar surface area (TPSA) is 62.6 Å². The summed E-state index contributed by atoms with van der Waals surface area (Å²) in [5.74, 6) is 0.243. The van der Waals surface area contributed by atoms with E-state index in [9.17, 15) is 9.59 Å². The van der Waals surface area contributed by atoms with Gasteiger partial charge in [-0.25, -0.2) is 0 Å². The zero-order valence-electron chi connectivity index (χ0n) is 15.9. The molecule has 1 aliphatic heterocycles. The van der Waals surface area contributed by atoms with E-state index in [4.69, 9.17) is 4.42 Å². The number of anilines is 1. The summed E-state index contributed by atoms with van der Waals surface area (Å²) < 4.78 is 5.24. The van der Waals surface area contributed by atoms with Crippen molar-refractivity contribution in [1.29, 1.82) is 0 Å². The van der Waals surface area contributed by atoms with E-state index < -0.39 is 0 Å². The van der Waals surface area contributed by atoms with Crippen molar-refractivity contribution < 1.29 is 14.0 Å². The molecule has 0 saturated heterocycles. The highest BCUT2D eigenvalue weighted by atomic mass is 32.2. The van der Waals surface area contributed by atoms with Gasteiger partial charge in [-0.2, -0.15) is 0 Å². The summed E-state index contributed by atoms with van der Waals surface area (Å²) in [4.78, 5) is 28.7. The lowest BCUT2D eigenvalue weighted by Gasteiger charge is -2.29. The monoisotopic (exact) mass is 404 g/mol. The van der Waals surface area contributed by atoms with Gasteiger partial charge >= 0.3 is 0 Å². The summed E-state index contributed by atoms with van der Waals surface area (Å²) in [7, 11) is 0. The van der Waals surface area contributed by atoms with Crippen LogP contribution >= 0.6 is 11.8 Å². The van der Waals surface area contributed by atoms with Crippen LogP contribution in [0.1, 0.15) is 16.9 Å². The molecule has 1 aromatic heterocycles. The Balaban J connectivity index is 1.57. The molecule has 0 radical (unpaired) electrons. The van der Waals surface area contributed by atoms with E-state index in [0.717, 1.165) is 21.7 Å². The lowest BCUT2D eigenvalue weighted by molar-refractivity contribution is -0.122. The Morgan fingerprint density at radius 3 is 2.66 bits per heavy atom. The largest absolute Gasteiger partial charge is 0.467 e. The van der Waals surface area contributed by atoms with E-state index in [1.54, 1.807) is 18.4 Å². The number of rotatable bonds is 5. The normalized spacial score (nSPS) is 14.7. The van der Waals surface area contributed by atoms with E-state index in [1.165, 1.54) is 16.7 Å². The first-order chi connectivity index (χ1) is 14.1. The molecule has 3 aromatic rings. The Morgan fingerprint density at radius 1 is 1.10 bits per heavy atom. The van der Waals surface area contributed by atoms with Gasteiger partial charge in [-0.3, -0.25) is 14.5 Å². The van der Waals surface area contributed by atoms with Crippen molar-refractivity contribution in [2.24, 2.45) is 0 Å². The number of hydrogen-bond donors (Lipinski definition) is 1. The zero-order chi connectivity index (χ0) is 20.2. The van der Waals surface area contributed by atoms with Crippen molar-refractivity contribution in [2.75, 3.05) is 11.4 Å². The maximum absolute atomic E-state index is 13.2. The van der Waals surface area contributed by atoms with Crippen LogP contribution in [0.4, 0.5) is 5.69 Å². The number of aryl methyl sites for hydroxylation is 1. The lowest BCUT2D eigenvalue weighted by Crippen LogP contribution is -2.42. The van der Waals surface area contributed by atoms with Crippen LogP contribution in [0.25, 0.3) is 6.08 Å². The maximum atomic E-state index is 13.2. The number of carbonyl (C=O) groups excluding carboxylic acids is 2. The van der Waals surface area contributed by atoms with Crippen molar-refractivity contribution in [3.05, 3.63) is 88.7 Å². The molecule has 6 heteroatoms. The van der Waals surface area contributed by atoms with Crippen LogP contribution in [-0.2, 0) is 16.1 Å². The average Bonchev–Trinajstić information content (AvgIpc) is 3.25. The van der Waals surface area contributed by atoms with Crippen LogP contribution < -0.4 is 10.2 Å². The summed E-state index contributed by atoms with van der Waals surface area (Å²) in [5, 5.41) is 2.80. The van der Waals surface area contributed by atoms with Crippen LogP contribution in [0, 0.1) is 6.92 Å². The second-order valence-electron chi connectivity index (χ2n) is 6.74. The number of fused-ring (bicyclic) bond motifs is 1. The quantitative estimate of drug-likeness (QED) is 0.641. The molecule has 1 N–H and O–H groups in total. The van der Waals surface area contributed by atoms with Crippen LogP contribution in [0.15, 0.2) is 81.1 Å². The molecular formula is C23H20N2O3S. The highest BCUT2D eigenvalue weighted by Crippen LogP contribution is 2.41. The number of benzene rings is 2. The van der Waals surface area contributed by atoms with Gasteiger partial charge in [0.05, 0.1) is 23.4 Å². The summed E-state index contributed by atoms with van der Waals surface area (Å²) in [6, 6.07) is 19.2. The number of thioether (sulfide) groups is 1. The third kappa shape index (κ3) is 4.43. The number of nitrogens with one attached hydrogen (secondary N) is 1. The molecule has 0 saturated carbocycles. The predicted molar refractivity (Wildman–Crippen MR) is 114 cm³/mol. The molecule has 2 heterocycles.